The third kappa shape index (κ3) is 3.99. The van der Waals surface area contributed by atoms with E-state index < -0.39 is 0 Å². The van der Waals surface area contributed by atoms with E-state index in [2.05, 4.69) is 9.88 Å². The fraction of sp³-hybridized carbons (Fsp3) is 0.667. The number of nitrogens with one attached hydrogen (secondary N) is 1. The average Bonchev–Trinajstić information content (AvgIpc) is 3.28. The van der Waals surface area contributed by atoms with Crippen LogP contribution < -0.4 is 5.56 Å². The summed E-state index contributed by atoms with van der Waals surface area (Å²) < 4.78 is 0. The molecule has 3 saturated heterocycles. The zero-order chi connectivity index (χ0) is 19.5. The Morgan fingerprint density at radius 1 is 0.929 bits per heavy atom. The van der Waals surface area contributed by atoms with Crippen molar-refractivity contribution in [3.63, 3.8) is 0 Å². The molecule has 1 atom stereocenters. The number of rotatable bonds is 3. The summed E-state index contributed by atoms with van der Waals surface area (Å²) in [7, 11) is 0. The molecular formula is C21H30N4O3. The number of aromatic amines is 1. The third-order valence-corrected chi connectivity index (χ3v) is 6.54. The molecule has 3 aliphatic rings. The predicted octanol–water partition coefficient (Wildman–Crippen LogP) is 1.31. The van der Waals surface area contributed by atoms with Crippen LogP contribution in [0.2, 0.25) is 0 Å². The molecule has 0 saturated carbocycles. The highest BCUT2D eigenvalue weighted by atomic mass is 16.2. The van der Waals surface area contributed by atoms with E-state index in [1.807, 2.05) is 4.90 Å². The standard InChI is InChI=1S/C21H30N4O3/c26-19-18(6-3-9-22-19)21(28)24-13-7-17(8-14-24)25-12-4-5-16(15-25)20(27)23-10-1-2-11-23/h3,6,9,16-17H,1-2,4-5,7-8,10-15H2,(H,22,26)/t16-/m0/s1. The first-order valence-electron chi connectivity index (χ1n) is 10.6. The molecule has 0 aliphatic carbocycles. The Morgan fingerprint density at radius 2 is 1.68 bits per heavy atom. The van der Waals surface area contributed by atoms with Crippen LogP contribution in [0.3, 0.4) is 0 Å². The van der Waals surface area contributed by atoms with Gasteiger partial charge in [-0.15, -0.1) is 0 Å². The molecule has 0 unspecified atom stereocenters. The van der Waals surface area contributed by atoms with Crippen LogP contribution in [0, 0.1) is 5.92 Å². The van der Waals surface area contributed by atoms with Crippen LogP contribution in [0.25, 0.3) is 0 Å². The Labute approximate surface area is 165 Å². The Kier molecular flexibility index (Phi) is 5.80. The minimum absolute atomic E-state index is 0.134. The summed E-state index contributed by atoms with van der Waals surface area (Å²) in [5.41, 5.74) is -0.107. The summed E-state index contributed by atoms with van der Waals surface area (Å²) in [6.07, 6.45) is 7.70. The molecule has 4 heterocycles. The SMILES string of the molecule is O=C(c1ccc[nH]c1=O)N1CCC(N2CCC[C@H](C(=O)N3CCCC3)C2)CC1. The second-order valence-electron chi connectivity index (χ2n) is 8.30. The van der Waals surface area contributed by atoms with E-state index in [9.17, 15) is 14.4 Å². The second kappa shape index (κ2) is 8.47. The summed E-state index contributed by atoms with van der Waals surface area (Å²) in [4.78, 5) is 46.2. The van der Waals surface area contributed by atoms with Crippen LogP contribution in [0.1, 0.15) is 48.9 Å². The molecule has 0 bridgehead atoms. The fourth-order valence-corrected chi connectivity index (χ4v) is 4.93. The minimum Gasteiger partial charge on any atom is -0.342 e. The molecule has 0 aromatic carbocycles. The quantitative estimate of drug-likeness (QED) is 0.850. The Bertz CT molecular complexity index is 763. The molecule has 7 heteroatoms. The lowest BCUT2D eigenvalue weighted by atomic mass is 9.92. The highest BCUT2D eigenvalue weighted by molar-refractivity contribution is 5.93. The van der Waals surface area contributed by atoms with Gasteiger partial charge in [-0.05, 0) is 57.2 Å². The van der Waals surface area contributed by atoms with Crippen LogP contribution in [-0.4, -0.2) is 76.8 Å². The van der Waals surface area contributed by atoms with E-state index in [-0.39, 0.29) is 22.9 Å². The monoisotopic (exact) mass is 386 g/mol. The zero-order valence-corrected chi connectivity index (χ0v) is 16.4. The first-order chi connectivity index (χ1) is 13.6. The van der Waals surface area contributed by atoms with E-state index >= 15 is 0 Å². The topological polar surface area (TPSA) is 76.7 Å². The van der Waals surface area contributed by atoms with Gasteiger partial charge >= 0.3 is 0 Å². The predicted molar refractivity (Wildman–Crippen MR) is 106 cm³/mol. The molecular weight excluding hydrogens is 356 g/mol. The van der Waals surface area contributed by atoms with Crippen molar-refractivity contribution in [1.82, 2.24) is 19.7 Å². The Hall–Kier alpha value is -2.15. The molecule has 4 rings (SSSR count). The number of piperidine rings is 2. The van der Waals surface area contributed by atoms with Gasteiger partial charge in [0.25, 0.3) is 11.5 Å². The summed E-state index contributed by atoms with van der Waals surface area (Å²) in [5, 5.41) is 0. The van der Waals surface area contributed by atoms with Gasteiger partial charge in [0, 0.05) is 45.0 Å². The van der Waals surface area contributed by atoms with Crippen molar-refractivity contribution >= 4 is 11.8 Å². The molecule has 0 radical (unpaired) electrons. The van der Waals surface area contributed by atoms with E-state index in [4.69, 9.17) is 0 Å². The molecule has 3 aliphatic heterocycles. The number of carbonyl (C=O) groups excluding carboxylic acids is 2. The molecule has 1 aromatic heterocycles. The maximum absolute atomic E-state index is 12.8. The summed E-state index contributed by atoms with van der Waals surface area (Å²) in [6, 6.07) is 3.70. The lowest BCUT2D eigenvalue weighted by molar-refractivity contribution is -0.136. The van der Waals surface area contributed by atoms with Crippen LogP contribution in [0.5, 0.6) is 0 Å². The summed E-state index contributed by atoms with van der Waals surface area (Å²) in [6.45, 7) is 5.08. The third-order valence-electron chi connectivity index (χ3n) is 6.54. The molecule has 1 N–H and O–H groups in total. The van der Waals surface area contributed by atoms with E-state index in [1.165, 1.54) is 0 Å². The van der Waals surface area contributed by atoms with Crippen molar-refractivity contribution in [2.45, 2.75) is 44.6 Å². The van der Waals surface area contributed by atoms with Gasteiger partial charge in [-0.25, -0.2) is 0 Å². The number of hydrogen-bond acceptors (Lipinski definition) is 4. The lowest BCUT2D eigenvalue weighted by Crippen LogP contribution is -2.52. The van der Waals surface area contributed by atoms with Gasteiger partial charge in [-0.3, -0.25) is 19.3 Å². The van der Waals surface area contributed by atoms with Gasteiger partial charge in [0.05, 0.1) is 5.92 Å². The number of nitrogens with zero attached hydrogens (tertiary/aromatic N) is 3. The number of amides is 2. The minimum atomic E-state index is -0.325. The average molecular weight is 386 g/mol. The molecule has 0 spiro atoms. The maximum atomic E-state index is 12.8. The van der Waals surface area contributed by atoms with E-state index in [0.29, 0.717) is 25.0 Å². The number of hydrogen-bond donors (Lipinski definition) is 1. The van der Waals surface area contributed by atoms with Gasteiger partial charge in [0.1, 0.15) is 5.56 Å². The number of aromatic nitrogens is 1. The van der Waals surface area contributed by atoms with Crippen LogP contribution in [-0.2, 0) is 4.79 Å². The number of carbonyl (C=O) groups is 2. The zero-order valence-electron chi connectivity index (χ0n) is 16.4. The van der Waals surface area contributed by atoms with Crippen LogP contribution in [0.4, 0.5) is 0 Å². The van der Waals surface area contributed by atoms with Crippen molar-refractivity contribution in [3.8, 4) is 0 Å². The van der Waals surface area contributed by atoms with Gasteiger partial charge in [-0.2, -0.15) is 0 Å². The first kappa shape index (κ1) is 19.2. The fourth-order valence-electron chi connectivity index (χ4n) is 4.93. The van der Waals surface area contributed by atoms with Gasteiger partial charge < -0.3 is 14.8 Å². The highest BCUT2D eigenvalue weighted by Crippen LogP contribution is 2.26. The smallest absolute Gasteiger partial charge is 0.260 e. The Balaban J connectivity index is 1.32. The molecule has 28 heavy (non-hydrogen) atoms. The van der Waals surface area contributed by atoms with Crippen molar-refractivity contribution < 1.29 is 9.59 Å². The molecule has 1 aromatic rings. The summed E-state index contributed by atoms with van der Waals surface area (Å²) in [5.74, 6) is 0.300. The van der Waals surface area contributed by atoms with Crippen molar-refractivity contribution in [1.29, 1.82) is 0 Å². The van der Waals surface area contributed by atoms with E-state index in [1.54, 1.807) is 23.2 Å². The summed E-state index contributed by atoms with van der Waals surface area (Å²) >= 11 is 0. The highest BCUT2D eigenvalue weighted by Gasteiger charge is 2.35. The number of H-pyrrole nitrogens is 1. The van der Waals surface area contributed by atoms with Gasteiger partial charge in [-0.1, -0.05) is 0 Å². The van der Waals surface area contributed by atoms with E-state index in [0.717, 1.165) is 64.7 Å². The van der Waals surface area contributed by atoms with Crippen molar-refractivity contribution in [2.75, 3.05) is 39.3 Å². The van der Waals surface area contributed by atoms with Crippen molar-refractivity contribution in [2.24, 2.45) is 5.92 Å². The first-order valence-corrected chi connectivity index (χ1v) is 10.6. The normalized spacial score (nSPS) is 24.5. The maximum Gasteiger partial charge on any atom is 0.260 e. The second-order valence-corrected chi connectivity index (χ2v) is 8.30. The molecule has 3 fully saturated rings. The van der Waals surface area contributed by atoms with Gasteiger partial charge in [0.2, 0.25) is 5.91 Å². The number of likely N-dealkylation sites (tertiary alicyclic amines) is 3. The van der Waals surface area contributed by atoms with Crippen LogP contribution in [0.15, 0.2) is 23.1 Å². The molecule has 7 nitrogen and oxygen atoms in total. The number of pyridine rings is 1. The van der Waals surface area contributed by atoms with Crippen LogP contribution >= 0.6 is 0 Å². The molecule has 152 valence electrons. The lowest BCUT2D eigenvalue weighted by Gasteiger charge is -2.42. The molecule has 2 amide bonds. The largest absolute Gasteiger partial charge is 0.342 e. The van der Waals surface area contributed by atoms with Crippen molar-refractivity contribution in [3.05, 3.63) is 34.2 Å². The van der Waals surface area contributed by atoms with Gasteiger partial charge in [0.15, 0.2) is 0 Å². The Morgan fingerprint density at radius 3 is 2.39 bits per heavy atom.